The normalized spacial score (nSPS) is 29.8. The Morgan fingerprint density at radius 3 is 2.88 bits per heavy atom. The first-order chi connectivity index (χ1) is 7.74. The lowest BCUT2D eigenvalue weighted by Crippen LogP contribution is -2.51. The number of ether oxygens (including phenoxy) is 2. The van der Waals surface area contributed by atoms with Crippen LogP contribution >= 0.6 is 0 Å². The van der Waals surface area contributed by atoms with E-state index in [4.69, 9.17) is 9.47 Å². The summed E-state index contributed by atoms with van der Waals surface area (Å²) < 4.78 is 10.7. The maximum absolute atomic E-state index is 11.5. The van der Waals surface area contributed by atoms with E-state index in [1.54, 1.807) is 7.11 Å². The van der Waals surface area contributed by atoms with Gasteiger partial charge in [0.2, 0.25) is 0 Å². The summed E-state index contributed by atoms with van der Waals surface area (Å²) in [5, 5.41) is 5.80. The number of hydrogen-bond acceptors (Lipinski definition) is 3. The second-order valence-electron chi connectivity index (χ2n) is 4.64. The molecule has 0 radical (unpaired) electrons. The second kappa shape index (κ2) is 5.01. The molecule has 16 heavy (non-hydrogen) atoms. The number of rotatable bonds is 4. The molecule has 1 unspecified atom stereocenters. The molecule has 2 rings (SSSR count). The number of amides is 2. The van der Waals surface area contributed by atoms with Gasteiger partial charge < -0.3 is 20.1 Å². The van der Waals surface area contributed by atoms with Gasteiger partial charge in [0.05, 0.1) is 13.2 Å². The zero-order chi connectivity index (χ0) is 11.4. The highest BCUT2D eigenvalue weighted by Gasteiger charge is 2.35. The summed E-state index contributed by atoms with van der Waals surface area (Å²) in [4.78, 5) is 11.5. The Labute approximate surface area is 95.9 Å². The Morgan fingerprint density at radius 2 is 2.38 bits per heavy atom. The highest BCUT2D eigenvalue weighted by Crippen LogP contribution is 2.21. The molecule has 5 heteroatoms. The van der Waals surface area contributed by atoms with Crippen molar-refractivity contribution in [1.82, 2.24) is 10.6 Å². The van der Waals surface area contributed by atoms with Crippen LogP contribution in [0.5, 0.6) is 0 Å². The van der Waals surface area contributed by atoms with Crippen molar-refractivity contribution in [2.24, 2.45) is 0 Å². The number of nitrogens with one attached hydrogen (secondary N) is 2. The first-order valence-electron chi connectivity index (χ1n) is 5.91. The molecule has 2 aliphatic rings. The van der Waals surface area contributed by atoms with Crippen LogP contribution in [0.1, 0.15) is 25.7 Å². The van der Waals surface area contributed by atoms with Crippen LogP contribution in [-0.2, 0) is 9.47 Å². The molecule has 1 saturated heterocycles. The highest BCUT2D eigenvalue weighted by atomic mass is 16.5. The van der Waals surface area contributed by atoms with Gasteiger partial charge in [-0.25, -0.2) is 4.79 Å². The summed E-state index contributed by atoms with van der Waals surface area (Å²) in [6.07, 6.45) is 4.27. The van der Waals surface area contributed by atoms with Crippen LogP contribution in [0.15, 0.2) is 0 Å². The Morgan fingerprint density at radius 1 is 1.56 bits per heavy atom. The highest BCUT2D eigenvalue weighted by molar-refractivity contribution is 5.74. The molecule has 2 fully saturated rings. The summed E-state index contributed by atoms with van der Waals surface area (Å²) in [7, 11) is 1.67. The fourth-order valence-electron chi connectivity index (χ4n) is 1.99. The topological polar surface area (TPSA) is 59.6 Å². The van der Waals surface area contributed by atoms with Crippen molar-refractivity contribution in [3.05, 3.63) is 0 Å². The van der Waals surface area contributed by atoms with Gasteiger partial charge >= 0.3 is 6.03 Å². The summed E-state index contributed by atoms with van der Waals surface area (Å²) in [6, 6.07) is 0.284. The molecule has 0 bridgehead atoms. The third kappa shape index (κ3) is 2.65. The van der Waals surface area contributed by atoms with Crippen molar-refractivity contribution < 1.29 is 14.3 Å². The molecule has 92 valence electrons. The van der Waals surface area contributed by atoms with Gasteiger partial charge in [0.25, 0.3) is 0 Å². The van der Waals surface area contributed by atoms with E-state index >= 15 is 0 Å². The summed E-state index contributed by atoms with van der Waals surface area (Å²) in [5.74, 6) is 0. The van der Waals surface area contributed by atoms with E-state index < -0.39 is 0 Å². The van der Waals surface area contributed by atoms with Gasteiger partial charge in [0, 0.05) is 26.2 Å². The third-order valence-electron chi connectivity index (χ3n) is 3.51. The summed E-state index contributed by atoms with van der Waals surface area (Å²) >= 11 is 0. The SMILES string of the molecule is COC1(CNC(=O)NC2CCC2)CCOC1. The molecule has 1 heterocycles. The molecule has 0 aromatic rings. The Hall–Kier alpha value is -0.810. The largest absolute Gasteiger partial charge is 0.378 e. The van der Waals surface area contributed by atoms with Gasteiger partial charge in [0.1, 0.15) is 5.60 Å². The smallest absolute Gasteiger partial charge is 0.315 e. The first kappa shape index (κ1) is 11.7. The Bertz CT molecular complexity index is 248. The van der Waals surface area contributed by atoms with Gasteiger partial charge in [-0.15, -0.1) is 0 Å². The second-order valence-corrected chi connectivity index (χ2v) is 4.64. The van der Waals surface area contributed by atoms with Gasteiger partial charge in [-0.05, 0) is 19.3 Å². The molecular formula is C11H20N2O3. The molecule has 0 aromatic heterocycles. The van der Waals surface area contributed by atoms with Crippen molar-refractivity contribution >= 4 is 6.03 Å². The van der Waals surface area contributed by atoms with Crippen molar-refractivity contribution in [2.75, 3.05) is 26.9 Å². The Kier molecular flexibility index (Phi) is 3.66. The lowest BCUT2D eigenvalue weighted by molar-refractivity contribution is -0.0138. The fourth-order valence-corrected chi connectivity index (χ4v) is 1.99. The van der Waals surface area contributed by atoms with Crippen molar-refractivity contribution in [2.45, 2.75) is 37.3 Å². The number of carbonyl (C=O) groups excluding carboxylic acids is 1. The van der Waals surface area contributed by atoms with Gasteiger partial charge in [0.15, 0.2) is 0 Å². The van der Waals surface area contributed by atoms with Crippen LogP contribution in [0, 0.1) is 0 Å². The predicted molar refractivity (Wildman–Crippen MR) is 59.3 cm³/mol. The third-order valence-corrected chi connectivity index (χ3v) is 3.51. The van der Waals surface area contributed by atoms with E-state index in [1.165, 1.54) is 6.42 Å². The van der Waals surface area contributed by atoms with Crippen LogP contribution in [-0.4, -0.2) is 44.5 Å². The average Bonchev–Trinajstić information content (AvgIpc) is 2.70. The molecule has 1 aliphatic carbocycles. The zero-order valence-corrected chi connectivity index (χ0v) is 9.75. The monoisotopic (exact) mass is 228 g/mol. The van der Waals surface area contributed by atoms with Gasteiger partial charge in [-0.2, -0.15) is 0 Å². The lowest BCUT2D eigenvalue weighted by Gasteiger charge is -2.29. The predicted octanol–water partition coefficient (Wildman–Crippen LogP) is 0.644. The number of urea groups is 1. The molecule has 1 aliphatic heterocycles. The van der Waals surface area contributed by atoms with Crippen molar-refractivity contribution in [3.8, 4) is 0 Å². The maximum atomic E-state index is 11.5. The number of methoxy groups -OCH3 is 1. The van der Waals surface area contributed by atoms with E-state index in [1.807, 2.05) is 0 Å². The molecule has 1 atom stereocenters. The minimum atomic E-state index is -0.322. The molecule has 0 aromatic carbocycles. The number of hydrogen-bond donors (Lipinski definition) is 2. The minimum Gasteiger partial charge on any atom is -0.378 e. The standard InChI is InChI=1S/C11H20N2O3/c1-15-11(5-6-16-8-11)7-12-10(14)13-9-3-2-4-9/h9H,2-8H2,1H3,(H2,12,13,14). The molecule has 1 saturated carbocycles. The van der Waals surface area contributed by atoms with Crippen molar-refractivity contribution in [1.29, 1.82) is 0 Å². The van der Waals surface area contributed by atoms with E-state index in [0.717, 1.165) is 19.3 Å². The minimum absolute atomic E-state index is 0.0898. The van der Waals surface area contributed by atoms with Gasteiger partial charge in [-0.3, -0.25) is 0 Å². The molecule has 0 spiro atoms. The summed E-state index contributed by atoms with van der Waals surface area (Å²) in [6.45, 7) is 1.79. The zero-order valence-electron chi connectivity index (χ0n) is 9.75. The lowest BCUT2D eigenvalue weighted by atomic mass is 9.93. The Balaban J connectivity index is 1.70. The van der Waals surface area contributed by atoms with Crippen LogP contribution in [0.4, 0.5) is 4.79 Å². The quantitative estimate of drug-likeness (QED) is 0.742. The molecular weight excluding hydrogens is 208 g/mol. The molecule has 5 nitrogen and oxygen atoms in total. The molecule has 2 N–H and O–H groups in total. The van der Waals surface area contributed by atoms with E-state index in [9.17, 15) is 4.79 Å². The van der Waals surface area contributed by atoms with E-state index in [2.05, 4.69) is 10.6 Å². The van der Waals surface area contributed by atoms with Crippen LogP contribution in [0.3, 0.4) is 0 Å². The maximum Gasteiger partial charge on any atom is 0.315 e. The van der Waals surface area contributed by atoms with Crippen LogP contribution in [0.2, 0.25) is 0 Å². The number of carbonyl (C=O) groups is 1. The first-order valence-corrected chi connectivity index (χ1v) is 5.91. The van der Waals surface area contributed by atoms with E-state index in [-0.39, 0.29) is 11.6 Å². The van der Waals surface area contributed by atoms with Crippen LogP contribution < -0.4 is 10.6 Å². The fraction of sp³-hybridized carbons (Fsp3) is 0.909. The molecule has 2 amide bonds. The van der Waals surface area contributed by atoms with Gasteiger partial charge in [-0.1, -0.05) is 0 Å². The van der Waals surface area contributed by atoms with Crippen LogP contribution in [0.25, 0.3) is 0 Å². The van der Waals surface area contributed by atoms with E-state index in [0.29, 0.717) is 25.8 Å². The van der Waals surface area contributed by atoms with Crippen molar-refractivity contribution in [3.63, 3.8) is 0 Å². The average molecular weight is 228 g/mol. The summed E-state index contributed by atoms with van der Waals surface area (Å²) in [5.41, 5.74) is -0.322.